The van der Waals surface area contributed by atoms with E-state index in [9.17, 15) is 0 Å². The van der Waals surface area contributed by atoms with Crippen molar-refractivity contribution in [3.05, 3.63) is 56.6 Å². The highest BCUT2D eigenvalue weighted by atomic mass is 79.9. The number of hydrogen-bond acceptors (Lipinski definition) is 2. The number of benzene rings is 1. The summed E-state index contributed by atoms with van der Waals surface area (Å²) in [5.41, 5.74) is 1.01. The van der Waals surface area contributed by atoms with E-state index in [1.54, 1.807) is 12.3 Å². The topological polar surface area (TPSA) is 22.1 Å². The van der Waals surface area contributed by atoms with Crippen LogP contribution < -0.4 is 4.74 Å². The van der Waals surface area contributed by atoms with Crippen molar-refractivity contribution in [2.75, 3.05) is 0 Å². The van der Waals surface area contributed by atoms with Gasteiger partial charge in [-0.15, -0.1) is 0 Å². The zero-order chi connectivity index (χ0) is 12.3. The van der Waals surface area contributed by atoms with Crippen LogP contribution in [0.15, 0.2) is 41.0 Å². The van der Waals surface area contributed by atoms with E-state index in [1.807, 2.05) is 24.3 Å². The molecule has 88 valence electrons. The Morgan fingerprint density at radius 1 is 1.18 bits per heavy atom. The number of aromatic nitrogens is 1. The Balaban J connectivity index is 2.04. The van der Waals surface area contributed by atoms with Crippen LogP contribution in [0.2, 0.25) is 10.0 Å². The van der Waals surface area contributed by atoms with E-state index in [2.05, 4.69) is 20.9 Å². The van der Waals surface area contributed by atoms with Gasteiger partial charge >= 0.3 is 0 Å². The highest BCUT2D eigenvalue weighted by Gasteiger charge is 2.04. The van der Waals surface area contributed by atoms with Crippen molar-refractivity contribution < 1.29 is 4.74 Å². The molecule has 0 aliphatic heterocycles. The Bertz CT molecular complexity index is 516. The standard InChI is InChI=1S/C12H8BrCl2NO/c13-9-5-11(15)12(16-6-9)17-7-8-1-3-10(14)4-2-8/h1-6H,7H2. The van der Waals surface area contributed by atoms with Gasteiger partial charge in [0.05, 0.1) is 0 Å². The number of hydrogen-bond donors (Lipinski definition) is 0. The Kier molecular flexibility index (Phi) is 4.26. The van der Waals surface area contributed by atoms with Crippen molar-refractivity contribution in [3.63, 3.8) is 0 Å². The lowest BCUT2D eigenvalue weighted by molar-refractivity contribution is 0.294. The summed E-state index contributed by atoms with van der Waals surface area (Å²) in [7, 11) is 0. The quantitative estimate of drug-likeness (QED) is 0.810. The first-order valence-corrected chi connectivity index (χ1v) is 6.38. The molecule has 0 radical (unpaired) electrons. The summed E-state index contributed by atoms with van der Waals surface area (Å²) < 4.78 is 6.33. The van der Waals surface area contributed by atoms with E-state index in [1.165, 1.54) is 0 Å². The lowest BCUT2D eigenvalue weighted by Gasteiger charge is -2.07. The largest absolute Gasteiger partial charge is 0.472 e. The molecular formula is C12H8BrCl2NO. The molecule has 5 heteroatoms. The highest BCUT2D eigenvalue weighted by Crippen LogP contribution is 2.25. The van der Waals surface area contributed by atoms with Gasteiger partial charge in [-0.2, -0.15) is 0 Å². The van der Waals surface area contributed by atoms with E-state index in [0.29, 0.717) is 22.5 Å². The van der Waals surface area contributed by atoms with E-state index in [0.717, 1.165) is 10.0 Å². The fourth-order valence-electron chi connectivity index (χ4n) is 1.24. The first kappa shape index (κ1) is 12.7. The second kappa shape index (κ2) is 5.71. The van der Waals surface area contributed by atoms with Crippen LogP contribution in [-0.4, -0.2) is 4.98 Å². The fraction of sp³-hybridized carbons (Fsp3) is 0.0833. The average molecular weight is 333 g/mol. The van der Waals surface area contributed by atoms with Crippen molar-refractivity contribution in [2.45, 2.75) is 6.61 Å². The van der Waals surface area contributed by atoms with Crippen LogP contribution in [0, 0.1) is 0 Å². The summed E-state index contributed by atoms with van der Waals surface area (Å²) >= 11 is 15.1. The van der Waals surface area contributed by atoms with E-state index >= 15 is 0 Å². The molecule has 0 saturated heterocycles. The van der Waals surface area contributed by atoms with E-state index in [4.69, 9.17) is 27.9 Å². The summed E-state index contributed by atoms with van der Waals surface area (Å²) in [6.07, 6.45) is 1.64. The third kappa shape index (κ3) is 3.60. The van der Waals surface area contributed by atoms with Gasteiger partial charge in [0.2, 0.25) is 5.88 Å². The van der Waals surface area contributed by atoms with E-state index in [-0.39, 0.29) is 0 Å². The Morgan fingerprint density at radius 2 is 1.88 bits per heavy atom. The lowest BCUT2D eigenvalue weighted by atomic mass is 10.2. The maximum absolute atomic E-state index is 5.98. The van der Waals surface area contributed by atoms with E-state index < -0.39 is 0 Å². The molecule has 2 nitrogen and oxygen atoms in total. The molecule has 2 rings (SSSR count). The minimum absolute atomic E-state index is 0.408. The number of pyridine rings is 1. The predicted octanol–water partition coefficient (Wildman–Crippen LogP) is 4.73. The van der Waals surface area contributed by atoms with Crippen LogP contribution in [0.3, 0.4) is 0 Å². The van der Waals surface area contributed by atoms with Gasteiger partial charge in [0.15, 0.2) is 0 Å². The van der Waals surface area contributed by atoms with Crippen LogP contribution in [0.1, 0.15) is 5.56 Å². The molecule has 0 fully saturated rings. The number of ether oxygens (including phenoxy) is 1. The molecule has 1 aromatic heterocycles. The van der Waals surface area contributed by atoms with Gasteiger partial charge in [-0.25, -0.2) is 4.98 Å². The number of nitrogens with zero attached hydrogens (tertiary/aromatic N) is 1. The second-order valence-electron chi connectivity index (χ2n) is 3.36. The molecule has 0 unspecified atom stereocenters. The van der Waals surface area contributed by atoms with Crippen molar-refractivity contribution >= 4 is 39.1 Å². The van der Waals surface area contributed by atoms with Crippen molar-refractivity contribution in [1.82, 2.24) is 4.98 Å². The third-order valence-electron chi connectivity index (χ3n) is 2.06. The van der Waals surface area contributed by atoms with Gasteiger partial charge < -0.3 is 4.74 Å². The summed E-state index contributed by atoms with van der Waals surface area (Å²) in [5, 5.41) is 1.18. The summed E-state index contributed by atoms with van der Waals surface area (Å²) in [4.78, 5) is 4.08. The first-order chi connectivity index (χ1) is 8.15. The molecule has 1 aromatic carbocycles. The van der Waals surface area contributed by atoms with Crippen molar-refractivity contribution in [3.8, 4) is 5.88 Å². The molecule has 0 atom stereocenters. The second-order valence-corrected chi connectivity index (χ2v) is 5.11. The minimum Gasteiger partial charge on any atom is -0.472 e. The molecule has 1 heterocycles. The zero-order valence-electron chi connectivity index (χ0n) is 8.66. The van der Waals surface area contributed by atoms with Crippen LogP contribution in [0.25, 0.3) is 0 Å². The van der Waals surface area contributed by atoms with Gasteiger partial charge in [0, 0.05) is 15.7 Å². The molecule has 0 amide bonds. The number of rotatable bonds is 3. The Hall–Kier alpha value is -0.770. The van der Waals surface area contributed by atoms with Gasteiger partial charge in [-0.3, -0.25) is 0 Å². The van der Waals surface area contributed by atoms with Crippen LogP contribution in [0.5, 0.6) is 5.88 Å². The number of halogens is 3. The van der Waals surface area contributed by atoms with Crippen molar-refractivity contribution in [2.24, 2.45) is 0 Å². The molecule has 17 heavy (non-hydrogen) atoms. The molecule has 0 N–H and O–H groups in total. The van der Waals surface area contributed by atoms with Crippen LogP contribution in [0.4, 0.5) is 0 Å². The minimum atomic E-state index is 0.408. The average Bonchev–Trinajstić information content (AvgIpc) is 2.30. The van der Waals surface area contributed by atoms with Gasteiger partial charge in [0.25, 0.3) is 0 Å². The first-order valence-electron chi connectivity index (χ1n) is 4.83. The van der Waals surface area contributed by atoms with Gasteiger partial charge in [-0.05, 0) is 39.7 Å². The molecule has 0 saturated carbocycles. The lowest BCUT2D eigenvalue weighted by Crippen LogP contribution is -1.97. The fourth-order valence-corrected chi connectivity index (χ4v) is 2.05. The normalized spacial score (nSPS) is 10.3. The summed E-state index contributed by atoms with van der Waals surface area (Å²) in [6, 6.07) is 9.17. The molecule has 0 spiro atoms. The smallest absolute Gasteiger partial charge is 0.232 e. The van der Waals surface area contributed by atoms with Crippen LogP contribution >= 0.6 is 39.1 Å². The zero-order valence-corrected chi connectivity index (χ0v) is 11.8. The van der Waals surface area contributed by atoms with Gasteiger partial charge in [-0.1, -0.05) is 35.3 Å². The monoisotopic (exact) mass is 331 g/mol. The molecule has 0 aliphatic rings. The third-order valence-corrected chi connectivity index (χ3v) is 3.02. The van der Waals surface area contributed by atoms with Gasteiger partial charge in [0.1, 0.15) is 11.6 Å². The highest BCUT2D eigenvalue weighted by molar-refractivity contribution is 9.10. The predicted molar refractivity (Wildman–Crippen MR) is 72.7 cm³/mol. The SMILES string of the molecule is Clc1ccc(COc2ncc(Br)cc2Cl)cc1. The van der Waals surface area contributed by atoms with Crippen molar-refractivity contribution in [1.29, 1.82) is 0 Å². The molecular weight excluding hydrogens is 325 g/mol. The van der Waals surface area contributed by atoms with Crippen LogP contribution in [-0.2, 0) is 6.61 Å². The maximum atomic E-state index is 5.98. The Morgan fingerprint density at radius 3 is 2.53 bits per heavy atom. The Labute approximate surface area is 118 Å². The molecule has 0 bridgehead atoms. The summed E-state index contributed by atoms with van der Waals surface area (Å²) in [5.74, 6) is 0.421. The summed E-state index contributed by atoms with van der Waals surface area (Å²) in [6.45, 7) is 0.408. The molecule has 2 aromatic rings. The maximum Gasteiger partial charge on any atom is 0.232 e. The molecule has 0 aliphatic carbocycles.